The molecule has 1 aromatic carbocycles. The first-order valence-corrected chi connectivity index (χ1v) is 8.85. The lowest BCUT2D eigenvalue weighted by Gasteiger charge is -2.37. The van der Waals surface area contributed by atoms with Crippen molar-refractivity contribution < 1.29 is 24.5 Å². The number of nitrogen functional groups attached to an aromatic ring is 1. The van der Waals surface area contributed by atoms with Gasteiger partial charge in [-0.2, -0.15) is 0 Å². The van der Waals surface area contributed by atoms with E-state index in [-0.39, 0.29) is 18.4 Å². The molecule has 0 saturated carbocycles. The lowest BCUT2D eigenvalue weighted by atomic mass is 9.88. The number of likely N-dealkylation sites (tertiary alicyclic amines) is 1. The van der Waals surface area contributed by atoms with Crippen LogP contribution in [0.25, 0.3) is 0 Å². The van der Waals surface area contributed by atoms with Gasteiger partial charge in [0.25, 0.3) is 0 Å². The minimum Gasteiger partial charge on any atom is -0.481 e. The number of carbonyl (C=O) groups is 2. The maximum absolute atomic E-state index is 12.2. The van der Waals surface area contributed by atoms with Crippen LogP contribution in [-0.4, -0.2) is 70.9 Å². The molecule has 0 aromatic heterocycles. The average Bonchev–Trinajstić information content (AvgIpc) is 2.97. The SMILES string of the molecule is N=C(N)c1ccc(N2CC(CN3CCC(O)(CC(=O)O)CC3)OC2=O)cc1. The average molecular weight is 376 g/mol. The zero-order valence-electron chi connectivity index (χ0n) is 14.9. The summed E-state index contributed by atoms with van der Waals surface area (Å²) < 4.78 is 5.45. The van der Waals surface area contributed by atoms with Gasteiger partial charge in [0.2, 0.25) is 0 Å². The number of hydrogen-bond acceptors (Lipinski definition) is 6. The Balaban J connectivity index is 1.54. The zero-order chi connectivity index (χ0) is 19.6. The number of rotatable bonds is 6. The molecule has 2 saturated heterocycles. The molecule has 146 valence electrons. The number of amides is 1. The monoisotopic (exact) mass is 376 g/mol. The van der Waals surface area contributed by atoms with Crippen molar-refractivity contribution in [3.8, 4) is 0 Å². The van der Waals surface area contributed by atoms with E-state index in [1.165, 1.54) is 0 Å². The fourth-order valence-electron chi connectivity index (χ4n) is 3.55. The predicted molar refractivity (Wildman–Crippen MR) is 97.9 cm³/mol. The summed E-state index contributed by atoms with van der Waals surface area (Å²) in [4.78, 5) is 26.6. The molecular formula is C18H24N4O5. The smallest absolute Gasteiger partial charge is 0.414 e. The van der Waals surface area contributed by atoms with Gasteiger partial charge < -0.3 is 20.7 Å². The van der Waals surface area contributed by atoms with Crippen LogP contribution in [0.4, 0.5) is 10.5 Å². The normalized spacial score (nSPS) is 22.5. The second-order valence-electron chi connectivity index (χ2n) is 7.17. The van der Waals surface area contributed by atoms with Gasteiger partial charge >= 0.3 is 12.1 Å². The van der Waals surface area contributed by atoms with Crippen LogP contribution in [0.2, 0.25) is 0 Å². The van der Waals surface area contributed by atoms with Crippen molar-refractivity contribution >= 4 is 23.6 Å². The summed E-state index contributed by atoms with van der Waals surface area (Å²) in [6.07, 6.45) is -0.194. The highest BCUT2D eigenvalue weighted by Crippen LogP contribution is 2.27. The summed E-state index contributed by atoms with van der Waals surface area (Å²) in [7, 11) is 0. The number of nitrogens with two attached hydrogens (primary N) is 1. The summed E-state index contributed by atoms with van der Waals surface area (Å²) in [5, 5.41) is 26.6. The van der Waals surface area contributed by atoms with E-state index in [1.54, 1.807) is 29.2 Å². The standard InChI is InChI=1S/C18H24N4O5/c19-16(20)12-1-3-13(4-2-12)22-11-14(27-17(22)25)10-21-7-5-18(26,6-8-21)9-15(23)24/h1-4,14,26H,5-11H2,(H3,19,20)(H,23,24). The van der Waals surface area contributed by atoms with Crippen LogP contribution in [0.1, 0.15) is 24.8 Å². The number of aliphatic hydroxyl groups is 1. The fraction of sp³-hybridized carbons (Fsp3) is 0.500. The van der Waals surface area contributed by atoms with Crippen molar-refractivity contribution in [2.24, 2.45) is 5.73 Å². The Hall–Kier alpha value is -2.65. The van der Waals surface area contributed by atoms with Crippen LogP contribution in [0.15, 0.2) is 24.3 Å². The minimum absolute atomic E-state index is 0.0311. The first-order chi connectivity index (χ1) is 12.8. The molecule has 1 aromatic rings. The van der Waals surface area contributed by atoms with Crippen molar-refractivity contribution in [3.63, 3.8) is 0 Å². The third-order valence-corrected chi connectivity index (χ3v) is 5.09. The largest absolute Gasteiger partial charge is 0.481 e. The predicted octanol–water partition coefficient (Wildman–Crippen LogP) is 0.597. The number of aliphatic carboxylic acids is 1. The Bertz CT molecular complexity index is 728. The number of nitrogens with one attached hydrogen (secondary N) is 1. The maximum Gasteiger partial charge on any atom is 0.414 e. The molecule has 9 nitrogen and oxygen atoms in total. The Morgan fingerprint density at radius 2 is 1.93 bits per heavy atom. The molecule has 27 heavy (non-hydrogen) atoms. The fourth-order valence-corrected chi connectivity index (χ4v) is 3.55. The van der Waals surface area contributed by atoms with E-state index in [1.807, 2.05) is 0 Å². The molecule has 1 amide bonds. The van der Waals surface area contributed by atoms with Gasteiger partial charge in [0.15, 0.2) is 0 Å². The molecule has 1 atom stereocenters. The highest BCUT2D eigenvalue weighted by molar-refractivity contribution is 5.96. The second kappa shape index (κ2) is 7.53. The number of hydrogen-bond donors (Lipinski definition) is 4. The number of nitrogens with zero attached hydrogens (tertiary/aromatic N) is 2. The van der Waals surface area contributed by atoms with Gasteiger partial charge in [-0.3, -0.25) is 20.0 Å². The molecule has 0 aliphatic carbocycles. The van der Waals surface area contributed by atoms with Crippen LogP contribution in [0.5, 0.6) is 0 Å². The van der Waals surface area contributed by atoms with Crippen molar-refractivity contribution in [3.05, 3.63) is 29.8 Å². The van der Waals surface area contributed by atoms with E-state index in [0.29, 0.717) is 50.3 Å². The van der Waals surface area contributed by atoms with Crippen LogP contribution >= 0.6 is 0 Å². The molecule has 9 heteroatoms. The third-order valence-electron chi connectivity index (χ3n) is 5.09. The quantitative estimate of drug-likeness (QED) is 0.421. The topological polar surface area (TPSA) is 140 Å². The first-order valence-electron chi connectivity index (χ1n) is 8.85. The van der Waals surface area contributed by atoms with Gasteiger partial charge in [0, 0.05) is 30.9 Å². The first kappa shape index (κ1) is 19.1. The Morgan fingerprint density at radius 3 is 2.48 bits per heavy atom. The maximum atomic E-state index is 12.2. The number of anilines is 1. The molecule has 1 unspecified atom stereocenters. The Labute approximate surface area is 156 Å². The van der Waals surface area contributed by atoms with Crippen LogP contribution < -0.4 is 10.6 Å². The zero-order valence-corrected chi connectivity index (χ0v) is 14.9. The molecule has 0 spiro atoms. The van der Waals surface area contributed by atoms with Crippen molar-refractivity contribution in [1.82, 2.24) is 4.90 Å². The Morgan fingerprint density at radius 1 is 1.30 bits per heavy atom. The molecule has 2 aliphatic rings. The molecule has 0 bridgehead atoms. The highest BCUT2D eigenvalue weighted by Gasteiger charge is 2.38. The van der Waals surface area contributed by atoms with Gasteiger partial charge in [-0.1, -0.05) is 0 Å². The summed E-state index contributed by atoms with van der Waals surface area (Å²) in [5.74, 6) is -1.03. The molecule has 0 radical (unpaired) electrons. The summed E-state index contributed by atoms with van der Waals surface area (Å²) in [5.41, 5.74) is 5.56. The highest BCUT2D eigenvalue weighted by atomic mass is 16.6. The number of carboxylic acid groups (broad SMARTS) is 1. The van der Waals surface area contributed by atoms with Crippen molar-refractivity contribution in [1.29, 1.82) is 5.41 Å². The number of amidine groups is 1. The second-order valence-corrected chi connectivity index (χ2v) is 7.17. The van der Waals surface area contributed by atoms with E-state index in [9.17, 15) is 14.7 Å². The molecule has 5 N–H and O–H groups in total. The molecule has 3 rings (SSSR count). The number of benzene rings is 1. The minimum atomic E-state index is -1.15. The van der Waals surface area contributed by atoms with Gasteiger partial charge in [-0.25, -0.2) is 4.79 Å². The van der Waals surface area contributed by atoms with E-state index < -0.39 is 17.7 Å². The van der Waals surface area contributed by atoms with E-state index in [2.05, 4.69) is 4.90 Å². The van der Waals surface area contributed by atoms with Gasteiger partial charge in [-0.05, 0) is 37.1 Å². The van der Waals surface area contributed by atoms with E-state index in [0.717, 1.165) is 0 Å². The number of carbonyl (C=O) groups excluding carboxylic acids is 1. The number of piperidine rings is 1. The Kier molecular flexibility index (Phi) is 5.33. The van der Waals surface area contributed by atoms with Crippen molar-refractivity contribution in [2.75, 3.05) is 31.1 Å². The third kappa shape index (κ3) is 4.55. The molecular weight excluding hydrogens is 352 g/mol. The van der Waals surface area contributed by atoms with E-state index in [4.69, 9.17) is 21.0 Å². The molecule has 2 aliphatic heterocycles. The van der Waals surface area contributed by atoms with Gasteiger partial charge in [0.05, 0.1) is 18.6 Å². The molecule has 2 fully saturated rings. The summed E-state index contributed by atoms with van der Waals surface area (Å²) >= 11 is 0. The molecule has 2 heterocycles. The van der Waals surface area contributed by atoms with Gasteiger partial charge in [-0.15, -0.1) is 0 Å². The van der Waals surface area contributed by atoms with Crippen LogP contribution in [-0.2, 0) is 9.53 Å². The van der Waals surface area contributed by atoms with E-state index >= 15 is 0 Å². The van der Waals surface area contributed by atoms with Crippen molar-refractivity contribution in [2.45, 2.75) is 31.0 Å². The lowest BCUT2D eigenvalue weighted by molar-refractivity contribution is -0.144. The number of cyclic esters (lactones) is 1. The lowest BCUT2D eigenvalue weighted by Crippen LogP contribution is -2.47. The summed E-state index contributed by atoms with van der Waals surface area (Å²) in [6.45, 7) is 2.07. The summed E-state index contributed by atoms with van der Waals surface area (Å²) in [6, 6.07) is 6.83. The van der Waals surface area contributed by atoms with Crippen LogP contribution in [0, 0.1) is 5.41 Å². The van der Waals surface area contributed by atoms with Crippen LogP contribution in [0.3, 0.4) is 0 Å². The van der Waals surface area contributed by atoms with Gasteiger partial charge in [0.1, 0.15) is 11.9 Å². The number of carboxylic acids is 1. The number of ether oxygens (including phenoxy) is 1.